The van der Waals surface area contributed by atoms with Gasteiger partial charge in [-0.25, -0.2) is 4.98 Å². The molecule has 8 heteroatoms. The quantitative estimate of drug-likeness (QED) is 0.705. The number of piperazine rings is 1. The molecule has 1 fully saturated rings. The molecule has 2 amide bonds. The molecule has 2 aromatic rings. The first kappa shape index (κ1) is 19.9. The van der Waals surface area contributed by atoms with E-state index in [2.05, 4.69) is 20.8 Å². The van der Waals surface area contributed by atoms with Gasteiger partial charge in [-0.1, -0.05) is 12.1 Å². The van der Waals surface area contributed by atoms with E-state index in [1.807, 2.05) is 25.7 Å². The van der Waals surface area contributed by atoms with Crippen LogP contribution in [-0.2, 0) is 11.2 Å². The van der Waals surface area contributed by atoms with Crippen LogP contribution in [-0.4, -0.2) is 47.6 Å². The maximum absolute atomic E-state index is 12.3. The number of amides is 2. The molecular weight excluding hydrogens is 358 g/mol. The van der Waals surface area contributed by atoms with Crippen molar-refractivity contribution in [2.75, 3.05) is 24.5 Å². The monoisotopic (exact) mass is 385 g/mol. The zero-order valence-corrected chi connectivity index (χ0v) is 16.6. The third-order valence-corrected chi connectivity index (χ3v) is 5.09. The third-order valence-electron chi connectivity index (χ3n) is 5.09. The van der Waals surface area contributed by atoms with Crippen molar-refractivity contribution < 1.29 is 14.1 Å². The maximum Gasteiger partial charge on any atom is 0.252 e. The molecule has 1 saturated heterocycles. The van der Waals surface area contributed by atoms with Gasteiger partial charge in [0.25, 0.3) is 5.91 Å². The van der Waals surface area contributed by atoms with Gasteiger partial charge in [0.15, 0.2) is 0 Å². The van der Waals surface area contributed by atoms with Crippen molar-refractivity contribution >= 4 is 17.6 Å². The molecule has 8 nitrogen and oxygen atoms in total. The van der Waals surface area contributed by atoms with Gasteiger partial charge in [0, 0.05) is 31.4 Å². The van der Waals surface area contributed by atoms with Crippen LogP contribution in [0.15, 0.2) is 22.9 Å². The molecule has 0 spiro atoms. The highest BCUT2D eigenvalue weighted by Crippen LogP contribution is 2.18. The van der Waals surface area contributed by atoms with Crippen LogP contribution in [0.2, 0.25) is 0 Å². The molecule has 0 radical (unpaired) electrons. The van der Waals surface area contributed by atoms with Gasteiger partial charge in [0.2, 0.25) is 5.91 Å². The fourth-order valence-corrected chi connectivity index (χ4v) is 3.51. The van der Waals surface area contributed by atoms with E-state index in [9.17, 15) is 9.59 Å². The zero-order chi connectivity index (χ0) is 20.1. The standard InChI is InChI=1S/C20H27N5O3/c1-4-17-20(27)22-10-11-25(17)18-8-7-15(12-23-18)19(26)21-9-5-6-16-13(2)24-28-14(16)3/h7-8,12,17H,4-6,9-11H2,1-3H3,(H,21,26)(H,22,27). The molecule has 1 unspecified atom stereocenters. The predicted molar refractivity (Wildman–Crippen MR) is 105 cm³/mol. The number of carbonyl (C=O) groups excluding carboxylic acids is 2. The number of carbonyl (C=O) groups is 2. The largest absolute Gasteiger partial charge is 0.361 e. The SMILES string of the molecule is CCC1C(=O)NCCN1c1ccc(C(=O)NCCCc2c(C)noc2C)cn1. The van der Waals surface area contributed by atoms with Gasteiger partial charge in [-0.15, -0.1) is 0 Å². The molecule has 3 heterocycles. The molecule has 1 atom stereocenters. The molecule has 1 aliphatic rings. The third kappa shape index (κ3) is 4.32. The molecule has 0 aliphatic carbocycles. The summed E-state index contributed by atoms with van der Waals surface area (Å²) < 4.78 is 5.15. The number of aromatic nitrogens is 2. The van der Waals surface area contributed by atoms with Gasteiger partial charge in [-0.2, -0.15) is 0 Å². The Hall–Kier alpha value is -2.90. The lowest BCUT2D eigenvalue weighted by atomic mass is 10.1. The number of rotatable bonds is 7. The van der Waals surface area contributed by atoms with E-state index in [1.54, 1.807) is 18.3 Å². The normalized spacial score (nSPS) is 16.8. The fourth-order valence-electron chi connectivity index (χ4n) is 3.51. The molecule has 150 valence electrons. The Labute approximate surface area is 164 Å². The molecular formula is C20H27N5O3. The van der Waals surface area contributed by atoms with Crippen LogP contribution in [0.4, 0.5) is 5.82 Å². The minimum Gasteiger partial charge on any atom is -0.361 e. The minimum absolute atomic E-state index is 0.0238. The van der Waals surface area contributed by atoms with Crippen molar-refractivity contribution in [1.82, 2.24) is 20.8 Å². The van der Waals surface area contributed by atoms with Crippen LogP contribution in [0, 0.1) is 13.8 Å². The summed E-state index contributed by atoms with van der Waals surface area (Å²) in [5.74, 6) is 1.42. The van der Waals surface area contributed by atoms with E-state index < -0.39 is 0 Å². The highest BCUT2D eigenvalue weighted by atomic mass is 16.5. The molecule has 0 bridgehead atoms. The Bertz CT molecular complexity index is 811. The van der Waals surface area contributed by atoms with Crippen molar-refractivity contribution in [1.29, 1.82) is 0 Å². The Balaban J connectivity index is 1.53. The van der Waals surface area contributed by atoms with Gasteiger partial charge >= 0.3 is 0 Å². The second-order valence-electron chi connectivity index (χ2n) is 6.98. The molecule has 28 heavy (non-hydrogen) atoms. The highest BCUT2D eigenvalue weighted by Gasteiger charge is 2.28. The lowest BCUT2D eigenvalue weighted by Crippen LogP contribution is -2.55. The van der Waals surface area contributed by atoms with Crippen molar-refractivity contribution in [3.05, 3.63) is 40.9 Å². The van der Waals surface area contributed by atoms with Crippen molar-refractivity contribution in [2.24, 2.45) is 0 Å². The summed E-state index contributed by atoms with van der Waals surface area (Å²) >= 11 is 0. The second-order valence-corrected chi connectivity index (χ2v) is 6.98. The smallest absolute Gasteiger partial charge is 0.252 e. The highest BCUT2D eigenvalue weighted by molar-refractivity contribution is 5.94. The summed E-state index contributed by atoms with van der Waals surface area (Å²) in [6, 6.07) is 3.34. The van der Waals surface area contributed by atoms with Crippen molar-refractivity contribution in [3.63, 3.8) is 0 Å². The van der Waals surface area contributed by atoms with Gasteiger partial charge in [-0.05, 0) is 45.2 Å². The number of nitrogens with zero attached hydrogens (tertiary/aromatic N) is 3. The summed E-state index contributed by atoms with van der Waals surface area (Å²) in [5, 5.41) is 9.74. The second kappa shape index (κ2) is 8.86. The van der Waals surface area contributed by atoms with E-state index >= 15 is 0 Å². The molecule has 1 aliphatic heterocycles. The van der Waals surface area contributed by atoms with Gasteiger partial charge in [0.05, 0.1) is 11.3 Å². The van der Waals surface area contributed by atoms with Crippen LogP contribution in [0.1, 0.15) is 47.1 Å². The number of nitrogens with one attached hydrogen (secondary N) is 2. The van der Waals surface area contributed by atoms with E-state index in [-0.39, 0.29) is 17.9 Å². The number of hydrogen-bond acceptors (Lipinski definition) is 6. The first-order valence-electron chi connectivity index (χ1n) is 9.71. The molecule has 2 N–H and O–H groups in total. The average Bonchev–Trinajstić information content (AvgIpc) is 3.02. The minimum atomic E-state index is -0.217. The average molecular weight is 385 g/mol. The number of hydrogen-bond donors (Lipinski definition) is 2. The topological polar surface area (TPSA) is 100 Å². The van der Waals surface area contributed by atoms with Gasteiger partial charge < -0.3 is 20.1 Å². The van der Waals surface area contributed by atoms with E-state index in [0.717, 1.165) is 35.7 Å². The number of pyridine rings is 1. The Kier molecular flexibility index (Phi) is 6.28. The van der Waals surface area contributed by atoms with Crippen molar-refractivity contribution in [2.45, 2.75) is 46.1 Å². The summed E-state index contributed by atoms with van der Waals surface area (Å²) in [4.78, 5) is 30.7. The number of aryl methyl sites for hydroxylation is 2. The predicted octanol–water partition coefficient (Wildman–Crippen LogP) is 1.76. The zero-order valence-electron chi connectivity index (χ0n) is 16.6. The van der Waals surface area contributed by atoms with Gasteiger partial charge in [0.1, 0.15) is 17.6 Å². The van der Waals surface area contributed by atoms with Gasteiger partial charge in [-0.3, -0.25) is 9.59 Å². The fraction of sp³-hybridized carbons (Fsp3) is 0.500. The summed E-state index contributed by atoms with van der Waals surface area (Å²) in [6.45, 7) is 7.68. The van der Waals surface area contributed by atoms with Crippen molar-refractivity contribution in [3.8, 4) is 0 Å². The molecule has 0 saturated carbocycles. The lowest BCUT2D eigenvalue weighted by Gasteiger charge is -2.35. The maximum atomic E-state index is 12.3. The Morgan fingerprint density at radius 3 is 2.86 bits per heavy atom. The first-order chi connectivity index (χ1) is 13.5. The Morgan fingerprint density at radius 2 is 2.21 bits per heavy atom. The van der Waals surface area contributed by atoms with Crippen LogP contribution < -0.4 is 15.5 Å². The van der Waals surface area contributed by atoms with Crippen LogP contribution in [0.3, 0.4) is 0 Å². The summed E-state index contributed by atoms with van der Waals surface area (Å²) in [5.41, 5.74) is 2.52. The molecule has 3 rings (SSSR count). The number of anilines is 1. The Morgan fingerprint density at radius 1 is 1.39 bits per heavy atom. The first-order valence-corrected chi connectivity index (χ1v) is 9.71. The summed E-state index contributed by atoms with van der Waals surface area (Å²) in [7, 11) is 0. The van der Waals surface area contributed by atoms with Crippen LogP contribution in [0.25, 0.3) is 0 Å². The summed E-state index contributed by atoms with van der Waals surface area (Å²) in [6.07, 6.45) is 3.90. The molecule has 2 aromatic heterocycles. The van der Waals surface area contributed by atoms with E-state index in [0.29, 0.717) is 31.6 Å². The lowest BCUT2D eigenvalue weighted by molar-refractivity contribution is -0.123. The molecule has 0 aromatic carbocycles. The van der Waals surface area contributed by atoms with E-state index in [1.165, 1.54) is 0 Å². The van der Waals surface area contributed by atoms with Crippen LogP contribution >= 0.6 is 0 Å². The van der Waals surface area contributed by atoms with Crippen LogP contribution in [0.5, 0.6) is 0 Å². The van der Waals surface area contributed by atoms with E-state index in [4.69, 9.17) is 4.52 Å².